The molecule has 0 rings (SSSR count). The van der Waals surface area contributed by atoms with Crippen molar-refractivity contribution in [2.75, 3.05) is 0 Å². The first-order valence-corrected chi connectivity index (χ1v) is 10.7. The zero-order valence-electron chi connectivity index (χ0n) is 15.6. The van der Waals surface area contributed by atoms with Crippen molar-refractivity contribution in [3.8, 4) is 0 Å². The van der Waals surface area contributed by atoms with Crippen LogP contribution in [0.4, 0.5) is 0 Å². The van der Waals surface area contributed by atoms with Gasteiger partial charge < -0.3 is 0 Å². The maximum absolute atomic E-state index is 10.4. The fraction of sp³-hybridized carbons (Fsp3) is 0.900. The van der Waals surface area contributed by atoms with Gasteiger partial charge in [-0.2, -0.15) is 0 Å². The highest BCUT2D eigenvalue weighted by Gasteiger charge is 2.05. The molecule has 0 radical (unpaired) electrons. The van der Waals surface area contributed by atoms with Gasteiger partial charge in [0.25, 0.3) is 0 Å². The van der Waals surface area contributed by atoms with E-state index in [1.807, 2.05) is 0 Å². The minimum atomic E-state index is -0.169. The van der Waals surface area contributed by atoms with Crippen LogP contribution in [0.1, 0.15) is 110 Å². The molecular formula is C20H39O2P. The fourth-order valence-electron chi connectivity index (χ4n) is 2.83. The first kappa shape index (κ1) is 22.8. The maximum Gasteiger partial charge on any atom is 0.327 e. The Morgan fingerprint density at radius 3 is 1.83 bits per heavy atom. The van der Waals surface area contributed by atoms with Gasteiger partial charge in [-0.15, -0.1) is 0 Å². The van der Waals surface area contributed by atoms with E-state index >= 15 is 0 Å². The zero-order chi connectivity index (χ0) is 17.0. The molecule has 1 unspecified atom stereocenters. The first-order chi connectivity index (χ1) is 11.3. The SMILES string of the molecule is CCCCCCCC/C=C\CCCCCCCC(CC)OP=O. The molecule has 23 heavy (non-hydrogen) atoms. The van der Waals surface area contributed by atoms with Crippen molar-refractivity contribution >= 4 is 8.69 Å². The van der Waals surface area contributed by atoms with Crippen molar-refractivity contribution in [2.45, 2.75) is 116 Å². The lowest BCUT2D eigenvalue weighted by molar-refractivity contribution is 0.202. The Bertz CT molecular complexity index is 266. The van der Waals surface area contributed by atoms with E-state index in [0.29, 0.717) is 0 Å². The van der Waals surface area contributed by atoms with Crippen LogP contribution >= 0.6 is 8.69 Å². The monoisotopic (exact) mass is 342 g/mol. The molecule has 0 N–H and O–H groups in total. The summed E-state index contributed by atoms with van der Waals surface area (Å²) in [5.74, 6) is 0. The smallest absolute Gasteiger partial charge is 0.291 e. The molecule has 0 spiro atoms. The van der Waals surface area contributed by atoms with Gasteiger partial charge in [0.1, 0.15) is 0 Å². The Morgan fingerprint density at radius 2 is 1.30 bits per heavy atom. The Balaban J connectivity index is 3.20. The maximum atomic E-state index is 10.4. The average molecular weight is 343 g/mol. The van der Waals surface area contributed by atoms with E-state index in [4.69, 9.17) is 4.52 Å². The van der Waals surface area contributed by atoms with Gasteiger partial charge in [-0.3, -0.25) is 4.52 Å². The first-order valence-electron chi connectivity index (χ1n) is 9.98. The molecule has 0 aliphatic heterocycles. The van der Waals surface area contributed by atoms with Crippen molar-refractivity contribution in [3.63, 3.8) is 0 Å². The molecule has 0 saturated carbocycles. The Morgan fingerprint density at radius 1 is 0.783 bits per heavy atom. The van der Waals surface area contributed by atoms with Crippen LogP contribution in [0, 0.1) is 0 Å². The largest absolute Gasteiger partial charge is 0.327 e. The normalized spacial score (nSPS) is 13.1. The van der Waals surface area contributed by atoms with E-state index in [1.54, 1.807) is 0 Å². The molecule has 0 aromatic carbocycles. The van der Waals surface area contributed by atoms with Crippen molar-refractivity contribution in [1.29, 1.82) is 0 Å². The molecule has 3 heteroatoms. The number of allylic oxidation sites excluding steroid dienone is 2. The topological polar surface area (TPSA) is 26.3 Å². The summed E-state index contributed by atoms with van der Waals surface area (Å²) in [5.41, 5.74) is 0. The third-order valence-electron chi connectivity index (χ3n) is 4.44. The Labute approximate surface area is 146 Å². The molecule has 0 aromatic heterocycles. The van der Waals surface area contributed by atoms with Crippen molar-refractivity contribution in [1.82, 2.24) is 0 Å². The van der Waals surface area contributed by atoms with Gasteiger partial charge in [-0.05, 0) is 38.5 Å². The summed E-state index contributed by atoms with van der Waals surface area (Å²) in [6, 6.07) is 0. The molecule has 0 aromatic rings. The lowest BCUT2D eigenvalue weighted by atomic mass is 10.1. The minimum Gasteiger partial charge on any atom is -0.291 e. The van der Waals surface area contributed by atoms with Crippen LogP contribution in [-0.2, 0) is 9.09 Å². The summed E-state index contributed by atoms with van der Waals surface area (Å²) < 4.78 is 15.5. The van der Waals surface area contributed by atoms with E-state index in [9.17, 15) is 4.57 Å². The van der Waals surface area contributed by atoms with Gasteiger partial charge in [0.2, 0.25) is 0 Å². The van der Waals surface area contributed by atoms with Crippen LogP contribution in [0.3, 0.4) is 0 Å². The lowest BCUT2D eigenvalue weighted by Crippen LogP contribution is -2.05. The van der Waals surface area contributed by atoms with Crippen LogP contribution < -0.4 is 0 Å². The Hall–Kier alpha value is -0.200. The molecule has 0 heterocycles. The van der Waals surface area contributed by atoms with E-state index in [2.05, 4.69) is 26.0 Å². The number of hydrogen-bond donors (Lipinski definition) is 0. The highest BCUT2D eigenvalue weighted by Crippen LogP contribution is 2.16. The van der Waals surface area contributed by atoms with Crippen LogP contribution in [0.2, 0.25) is 0 Å². The molecule has 0 bridgehead atoms. The summed E-state index contributed by atoms with van der Waals surface area (Å²) in [7, 11) is -0.169. The molecule has 0 saturated heterocycles. The highest BCUT2D eigenvalue weighted by molar-refractivity contribution is 7.17. The fourth-order valence-corrected chi connectivity index (χ4v) is 3.21. The summed E-state index contributed by atoms with van der Waals surface area (Å²) >= 11 is 0. The molecular weight excluding hydrogens is 303 g/mol. The molecule has 2 nitrogen and oxygen atoms in total. The third kappa shape index (κ3) is 18.0. The van der Waals surface area contributed by atoms with Crippen molar-refractivity contribution in [2.24, 2.45) is 0 Å². The quantitative estimate of drug-likeness (QED) is 0.143. The van der Waals surface area contributed by atoms with Crippen LogP contribution in [0.25, 0.3) is 0 Å². The molecule has 0 aliphatic rings. The average Bonchev–Trinajstić information content (AvgIpc) is 2.57. The van der Waals surface area contributed by atoms with E-state index in [0.717, 1.165) is 12.8 Å². The summed E-state index contributed by atoms with van der Waals surface area (Å²) in [6.07, 6.45) is 24.2. The van der Waals surface area contributed by atoms with Gasteiger partial charge in [-0.1, -0.05) is 83.8 Å². The van der Waals surface area contributed by atoms with E-state index in [-0.39, 0.29) is 14.8 Å². The van der Waals surface area contributed by atoms with Gasteiger partial charge in [-0.25, -0.2) is 4.57 Å². The Kier molecular flexibility index (Phi) is 19.7. The van der Waals surface area contributed by atoms with E-state index in [1.165, 1.54) is 83.5 Å². The second-order valence-electron chi connectivity index (χ2n) is 6.58. The summed E-state index contributed by atoms with van der Waals surface area (Å²) in [4.78, 5) is 0. The van der Waals surface area contributed by atoms with Crippen LogP contribution in [0.15, 0.2) is 12.2 Å². The van der Waals surface area contributed by atoms with Gasteiger partial charge in [0, 0.05) is 0 Å². The van der Waals surface area contributed by atoms with Gasteiger partial charge in [0.05, 0.1) is 6.10 Å². The molecule has 136 valence electrons. The van der Waals surface area contributed by atoms with Gasteiger partial charge in [0.15, 0.2) is 0 Å². The summed E-state index contributed by atoms with van der Waals surface area (Å²) in [6.45, 7) is 4.36. The number of hydrogen-bond acceptors (Lipinski definition) is 2. The third-order valence-corrected chi connectivity index (χ3v) is 4.82. The molecule has 0 fully saturated rings. The zero-order valence-corrected chi connectivity index (χ0v) is 16.5. The van der Waals surface area contributed by atoms with Gasteiger partial charge >= 0.3 is 8.69 Å². The van der Waals surface area contributed by atoms with Crippen molar-refractivity contribution in [3.05, 3.63) is 12.2 Å². The van der Waals surface area contributed by atoms with Crippen LogP contribution in [-0.4, -0.2) is 6.10 Å². The second-order valence-corrected chi connectivity index (χ2v) is 6.94. The number of unbranched alkanes of at least 4 members (excludes halogenated alkanes) is 11. The molecule has 0 amide bonds. The summed E-state index contributed by atoms with van der Waals surface area (Å²) in [5, 5.41) is 0. The second kappa shape index (κ2) is 19.8. The predicted molar refractivity (Wildman–Crippen MR) is 102 cm³/mol. The van der Waals surface area contributed by atoms with Crippen molar-refractivity contribution < 1.29 is 9.09 Å². The lowest BCUT2D eigenvalue weighted by Gasteiger charge is -2.10. The highest BCUT2D eigenvalue weighted by atomic mass is 31.1. The molecule has 0 aliphatic carbocycles. The number of rotatable bonds is 18. The van der Waals surface area contributed by atoms with Crippen LogP contribution in [0.5, 0.6) is 0 Å². The minimum absolute atomic E-state index is 0.169. The van der Waals surface area contributed by atoms with E-state index < -0.39 is 0 Å². The predicted octanol–water partition coefficient (Wildman–Crippen LogP) is 8.03. The standard InChI is InChI=1S/C20H39O2P/c1-3-5-6-7-8-9-10-11-12-13-14-15-16-17-18-19-20(4-2)22-23-21/h11-12,20H,3-10,13-19H2,1-2H3/b12-11-. The molecule has 1 atom stereocenters.